The van der Waals surface area contributed by atoms with Gasteiger partial charge in [0.1, 0.15) is 5.60 Å². The summed E-state index contributed by atoms with van der Waals surface area (Å²) in [6, 6.07) is 0. The van der Waals surface area contributed by atoms with Crippen LogP contribution in [0.15, 0.2) is 23.1 Å². The molecule has 1 spiro atoms. The van der Waals surface area contributed by atoms with Crippen LogP contribution in [0.5, 0.6) is 0 Å². The van der Waals surface area contributed by atoms with Crippen LogP contribution < -0.4 is 5.73 Å². The summed E-state index contributed by atoms with van der Waals surface area (Å²) in [7, 11) is 0. The Morgan fingerprint density at radius 1 is 1.16 bits per heavy atom. The van der Waals surface area contributed by atoms with Gasteiger partial charge in [-0.3, -0.25) is 9.59 Å². The zero-order chi connectivity index (χ0) is 18.2. The third-order valence-electron chi connectivity index (χ3n) is 7.97. The summed E-state index contributed by atoms with van der Waals surface area (Å²) < 4.78 is 6.64. The molecule has 0 saturated heterocycles. The molecule has 0 aromatic heterocycles. The van der Waals surface area contributed by atoms with Crippen molar-refractivity contribution in [2.75, 3.05) is 0 Å². The molecule has 1 heterocycles. The van der Waals surface area contributed by atoms with Crippen LogP contribution in [0.3, 0.4) is 0 Å². The van der Waals surface area contributed by atoms with Crippen LogP contribution in [-0.4, -0.2) is 17.2 Å². The van der Waals surface area contributed by atoms with Gasteiger partial charge in [0.05, 0.1) is 5.70 Å². The third kappa shape index (κ3) is 2.00. The fourth-order valence-electron chi connectivity index (χ4n) is 6.33. The van der Waals surface area contributed by atoms with Gasteiger partial charge in [0.25, 0.3) is 0 Å². The van der Waals surface area contributed by atoms with Crippen LogP contribution in [0.1, 0.15) is 66.2 Å². The van der Waals surface area contributed by atoms with Crippen LogP contribution in [0.25, 0.3) is 0 Å². The summed E-state index contributed by atoms with van der Waals surface area (Å²) in [6.45, 7) is 9.24. The Morgan fingerprint density at radius 3 is 2.60 bits per heavy atom. The van der Waals surface area contributed by atoms with Gasteiger partial charge in [-0.2, -0.15) is 0 Å². The maximum Gasteiger partial charge on any atom is 0.223 e. The molecule has 1 aliphatic heterocycles. The van der Waals surface area contributed by atoms with Crippen molar-refractivity contribution in [3.05, 3.63) is 23.1 Å². The lowest BCUT2D eigenvalue weighted by molar-refractivity contribution is -0.237. The molecular weight excluding hydrogens is 314 g/mol. The molecular formula is C21H29NO3. The van der Waals surface area contributed by atoms with E-state index in [1.54, 1.807) is 0 Å². The molecule has 3 aliphatic carbocycles. The van der Waals surface area contributed by atoms with Crippen molar-refractivity contribution >= 4 is 11.6 Å². The lowest BCUT2D eigenvalue weighted by atomic mass is 9.44. The SMILES string of the molecule is C[C@@H]1CC[C@H]2C(C)(C)CCC[C@@]23OC2=C(C[C@@]13C)C(=O)C(N)=CC2=O. The van der Waals surface area contributed by atoms with Crippen LogP contribution in [0.2, 0.25) is 0 Å². The van der Waals surface area contributed by atoms with Gasteiger partial charge < -0.3 is 10.5 Å². The van der Waals surface area contributed by atoms with E-state index in [9.17, 15) is 9.59 Å². The van der Waals surface area contributed by atoms with E-state index in [1.807, 2.05) is 0 Å². The first-order valence-corrected chi connectivity index (χ1v) is 9.61. The zero-order valence-electron chi connectivity index (χ0n) is 15.8. The second-order valence-corrected chi connectivity index (χ2v) is 9.56. The molecule has 0 unspecified atom stereocenters. The highest BCUT2D eigenvalue weighted by molar-refractivity contribution is 6.21. The van der Waals surface area contributed by atoms with Crippen LogP contribution >= 0.6 is 0 Å². The fourth-order valence-corrected chi connectivity index (χ4v) is 6.33. The van der Waals surface area contributed by atoms with Gasteiger partial charge in [-0.25, -0.2) is 0 Å². The summed E-state index contributed by atoms with van der Waals surface area (Å²) in [5, 5.41) is 0. The molecule has 2 fully saturated rings. The molecule has 0 amide bonds. The predicted octanol–water partition coefficient (Wildman–Crippen LogP) is 3.66. The number of hydrogen-bond donors (Lipinski definition) is 1. The molecule has 25 heavy (non-hydrogen) atoms. The number of carbonyl (C=O) groups excluding carboxylic acids is 2. The minimum absolute atomic E-state index is 0.0517. The molecule has 2 saturated carbocycles. The molecule has 4 aliphatic rings. The lowest BCUT2D eigenvalue weighted by Crippen LogP contribution is -2.66. The lowest BCUT2D eigenvalue weighted by Gasteiger charge is -2.66. The smallest absolute Gasteiger partial charge is 0.223 e. The van der Waals surface area contributed by atoms with E-state index in [0.29, 0.717) is 23.8 Å². The van der Waals surface area contributed by atoms with Crippen LogP contribution in [0.4, 0.5) is 0 Å². The number of Topliss-reactive ketones (excluding diaryl/α,β-unsaturated/α-hetero) is 1. The van der Waals surface area contributed by atoms with Crippen molar-refractivity contribution in [3.63, 3.8) is 0 Å². The van der Waals surface area contributed by atoms with Crippen molar-refractivity contribution in [2.24, 2.45) is 28.4 Å². The van der Waals surface area contributed by atoms with E-state index < -0.39 is 0 Å². The van der Waals surface area contributed by atoms with E-state index in [-0.39, 0.29) is 39.5 Å². The molecule has 4 nitrogen and oxygen atoms in total. The highest BCUT2D eigenvalue weighted by Gasteiger charge is 2.66. The fraction of sp³-hybridized carbons (Fsp3) is 0.714. The normalized spacial score (nSPS) is 42.8. The maximum atomic E-state index is 12.6. The summed E-state index contributed by atoms with van der Waals surface area (Å²) >= 11 is 0. The van der Waals surface area contributed by atoms with Gasteiger partial charge in [-0.05, 0) is 49.9 Å². The Morgan fingerprint density at radius 2 is 1.88 bits per heavy atom. The zero-order valence-corrected chi connectivity index (χ0v) is 15.8. The first-order valence-electron chi connectivity index (χ1n) is 9.61. The Bertz CT molecular complexity index is 731. The molecule has 2 N–H and O–H groups in total. The van der Waals surface area contributed by atoms with E-state index in [1.165, 1.54) is 12.5 Å². The quantitative estimate of drug-likeness (QED) is 0.682. The van der Waals surface area contributed by atoms with E-state index in [0.717, 1.165) is 25.7 Å². The number of ether oxygens (including phenoxy) is 1. The average Bonchev–Trinajstić information content (AvgIpc) is 2.52. The first kappa shape index (κ1) is 16.9. The number of ketones is 2. The molecule has 136 valence electrons. The molecule has 4 atom stereocenters. The minimum Gasteiger partial charge on any atom is -0.482 e. The molecule has 0 aromatic carbocycles. The summed E-state index contributed by atoms with van der Waals surface area (Å²) in [4.78, 5) is 25.2. The summed E-state index contributed by atoms with van der Waals surface area (Å²) in [5.74, 6) is 0.698. The molecule has 0 radical (unpaired) electrons. The largest absolute Gasteiger partial charge is 0.482 e. The Kier molecular flexibility index (Phi) is 3.36. The van der Waals surface area contributed by atoms with Crippen LogP contribution in [0, 0.1) is 22.7 Å². The van der Waals surface area contributed by atoms with Gasteiger partial charge in [0, 0.05) is 23.0 Å². The maximum absolute atomic E-state index is 12.6. The highest BCUT2D eigenvalue weighted by atomic mass is 16.5. The van der Waals surface area contributed by atoms with Crippen molar-refractivity contribution in [1.29, 1.82) is 0 Å². The van der Waals surface area contributed by atoms with Gasteiger partial charge in [-0.1, -0.05) is 27.7 Å². The van der Waals surface area contributed by atoms with E-state index in [4.69, 9.17) is 10.5 Å². The third-order valence-corrected chi connectivity index (χ3v) is 7.97. The number of carbonyl (C=O) groups is 2. The molecule has 0 aromatic rings. The number of allylic oxidation sites excluding steroid dienone is 2. The predicted molar refractivity (Wildman–Crippen MR) is 95.4 cm³/mol. The van der Waals surface area contributed by atoms with Crippen LogP contribution in [-0.2, 0) is 14.3 Å². The second-order valence-electron chi connectivity index (χ2n) is 9.56. The second kappa shape index (κ2) is 4.99. The van der Waals surface area contributed by atoms with Crippen molar-refractivity contribution in [1.82, 2.24) is 0 Å². The van der Waals surface area contributed by atoms with E-state index in [2.05, 4.69) is 27.7 Å². The molecule has 0 bridgehead atoms. The highest BCUT2D eigenvalue weighted by Crippen LogP contribution is 2.67. The first-order chi connectivity index (χ1) is 11.6. The Hall–Kier alpha value is -1.58. The standard InChI is InChI=1S/C21H29NO3/c1-12-6-7-16-19(2,3)8-5-9-21(16)20(12,4)11-13-17(24)14(22)10-15(23)18(13)25-21/h10,12,16H,5-9,11,22H2,1-4H3/t12-,16+,20+,21-/m1/s1. The molecule has 4 heteroatoms. The minimum atomic E-state index is -0.346. The number of rotatable bonds is 0. The van der Waals surface area contributed by atoms with Gasteiger partial charge in [0.2, 0.25) is 11.6 Å². The number of hydrogen-bond acceptors (Lipinski definition) is 4. The van der Waals surface area contributed by atoms with Crippen molar-refractivity contribution in [2.45, 2.75) is 71.8 Å². The summed E-state index contributed by atoms with van der Waals surface area (Å²) in [6.07, 6.45) is 7.40. The average molecular weight is 343 g/mol. The van der Waals surface area contributed by atoms with Gasteiger partial charge in [-0.15, -0.1) is 0 Å². The summed E-state index contributed by atoms with van der Waals surface area (Å²) in [5.41, 5.74) is 6.06. The van der Waals surface area contributed by atoms with E-state index >= 15 is 0 Å². The Balaban J connectivity index is 1.89. The topological polar surface area (TPSA) is 69.4 Å². The van der Waals surface area contributed by atoms with Gasteiger partial charge >= 0.3 is 0 Å². The Labute approximate surface area is 149 Å². The monoisotopic (exact) mass is 343 g/mol. The molecule has 4 rings (SSSR count). The number of nitrogens with two attached hydrogens (primary N) is 1. The van der Waals surface area contributed by atoms with Crippen molar-refractivity contribution < 1.29 is 14.3 Å². The van der Waals surface area contributed by atoms with Crippen molar-refractivity contribution in [3.8, 4) is 0 Å². The van der Waals surface area contributed by atoms with Gasteiger partial charge in [0.15, 0.2) is 5.76 Å².